The molecular formula is C21H19BO3. The number of carbonyl (C=O) groups excluding carboxylic acids is 1. The van der Waals surface area contributed by atoms with E-state index < -0.39 is 0 Å². The number of hydrogen-bond acceptors (Lipinski definition) is 3. The predicted molar refractivity (Wildman–Crippen MR) is 102 cm³/mol. The molecule has 0 aliphatic rings. The van der Waals surface area contributed by atoms with Crippen molar-refractivity contribution in [2.75, 3.05) is 7.11 Å². The van der Waals surface area contributed by atoms with Crippen molar-refractivity contribution in [2.24, 2.45) is 0 Å². The van der Waals surface area contributed by atoms with Crippen LogP contribution in [0.2, 0.25) is 0 Å². The molecule has 3 nitrogen and oxygen atoms in total. The van der Waals surface area contributed by atoms with Gasteiger partial charge in [0, 0.05) is 11.1 Å². The van der Waals surface area contributed by atoms with Crippen molar-refractivity contribution in [3.63, 3.8) is 0 Å². The minimum Gasteiger partial charge on any atom is -0.497 e. The fourth-order valence-electron chi connectivity index (χ4n) is 2.50. The Balaban J connectivity index is 1.74. The number of aryl methyl sites for hydroxylation is 1. The molecule has 0 aliphatic heterocycles. The number of methoxy groups -OCH3 is 1. The van der Waals surface area contributed by atoms with E-state index in [-0.39, 0.29) is 5.78 Å². The van der Waals surface area contributed by atoms with Crippen molar-refractivity contribution in [3.8, 4) is 17.2 Å². The van der Waals surface area contributed by atoms with Crippen LogP contribution in [-0.2, 0) is 0 Å². The van der Waals surface area contributed by atoms with Crippen molar-refractivity contribution in [3.05, 3.63) is 83.4 Å². The van der Waals surface area contributed by atoms with Gasteiger partial charge >= 0.3 is 0 Å². The van der Waals surface area contributed by atoms with E-state index in [1.807, 2.05) is 30.3 Å². The zero-order chi connectivity index (χ0) is 17.8. The van der Waals surface area contributed by atoms with Gasteiger partial charge in [-0.15, -0.1) is 0 Å². The molecule has 4 heteroatoms. The van der Waals surface area contributed by atoms with Gasteiger partial charge in [0.15, 0.2) is 5.78 Å². The van der Waals surface area contributed by atoms with E-state index in [1.54, 1.807) is 43.5 Å². The highest BCUT2D eigenvalue weighted by atomic mass is 16.5. The minimum atomic E-state index is -0.0274. The monoisotopic (exact) mass is 330 g/mol. The third-order valence-electron chi connectivity index (χ3n) is 4.18. The molecule has 0 saturated heterocycles. The van der Waals surface area contributed by atoms with Crippen molar-refractivity contribution in [1.29, 1.82) is 0 Å². The molecule has 0 unspecified atom stereocenters. The first kappa shape index (κ1) is 16.8. The van der Waals surface area contributed by atoms with Gasteiger partial charge in [-0.05, 0) is 67.6 Å². The first-order valence-corrected chi connectivity index (χ1v) is 8.11. The third-order valence-corrected chi connectivity index (χ3v) is 4.18. The van der Waals surface area contributed by atoms with E-state index in [0.717, 1.165) is 11.5 Å². The molecule has 25 heavy (non-hydrogen) atoms. The van der Waals surface area contributed by atoms with Gasteiger partial charge in [-0.3, -0.25) is 4.79 Å². The van der Waals surface area contributed by atoms with Crippen LogP contribution in [0.5, 0.6) is 17.2 Å². The molecular weight excluding hydrogens is 311 g/mol. The Bertz CT molecular complexity index is 884. The number of carbonyl (C=O) groups is 1. The molecule has 0 bridgehead atoms. The fourth-order valence-corrected chi connectivity index (χ4v) is 2.50. The topological polar surface area (TPSA) is 35.5 Å². The maximum Gasteiger partial charge on any atom is 0.193 e. The number of ether oxygens (including phenoxy) is 2. The fraction of sp³-hybridized carbons (Fsp3) is 0.0952. The Labute approximate surface area is 148 Å². The summed E-state index contributed by atoms with van der Waals surface area (Å²) in [5.74, 6) is 2.20. The summed E-state index contributed by atoms with van der Waals surface area (Å²) in [4.78, 5) is 12.5. The second-order valence-corrected chi connectivity index (χ2v) is 5.93. The van der Waals surface area contributed by atoms with E-state index in [0.29, 0.717) is 16.9 Å². The van der Waals surface area contributed by atoms with Gasteiger partial charge in [-0.1, -0.05) is 17.1 Å². The van der Waals surface area contributed by atoms with Crippen molar-refractivity contribution < 1.29 is 14.3 Å². The van der Waals surface area contributed by atoms with Gasteiger partial charge in [0.1, 0.15) is 25.1 Å². The van der Waals surface area contributed by atoms with Gasteiger partial charge in [0.2, 0.25) is 0 Å². The summed E-state index contributed by atoms with van der Waals surface area (Å²) in [5, 5.41) is 0. The van der Waals surface area contributed by atoms with Crippen LogP contribution in [0.4, 0.5) is 0 Å². The summed E-state index contributed by atoms with van der Waals surface area (Å²) in [5.41, 5.74) is 3.66. The van der Waals surface area contributed by atoms with E-state index in [2.05, 4.69) is 14.8 Å². The van der Waals surface area contributed by atoms with Gasteiger partial charge in [0.05, 0.1) is 7.11 Å². The van der Waals surface area contributed by atoms with Crippen LogP contribution in [0.1, 0.15) is 21.5 Å². The molecule has 0 aromatic heterocycles. The normalized spacial score (nSPS) is 10.3. The smallest absolute Gasteiger partial charge is 0.193 e. The molecule has 0 amide bonds. The summed E-state index contributed by atoms with van der Waals surface area (Å²) < 4.78 is 11.0. The maximum atomic E-state index is 12.5. The van der Waals surface area contributed by atoms with Crippen LogP contribution in [0.15, 0.2) is 66.7 Å². The summed E-state index contributed by atoms with van der Waals surface area (Å²) in [7, 11) is 3.66. The van der Waals surface area contributed by atoms with Gasteiger partial charge in [-0.2, -0.15) is 0 Å². The molecule has 0 atom stereocenters. The zero-order valence-electron chi connectivity index (χ0n) is 14.6. The largest absolute Gasteiger partial charge is 0.497 e. The van der Waals surface area contributed by atoms with Crippen LogP contribution in [-0.4, -0.2) is 20.7 Å². The Morgan fingerprint density at radius 1 is 0.800 bits per heavy atom. The second-order valence-electron chi connectivity index (χ2n) is 5.93. The average molecular weight is 330 g/mol. The van der Waals surface area contributed by atoms with Crippen molar-refractivity contribution in [2.45, 2.75) is 6.92 Å². The lowest BCUT2D eigenvalue weighted by Crippen LogP contribution is -2.06. The lowest BCUT2D eigenvalue weighted by atomic mass is 9.91. The molecule has 3 aromatic rings. The molecule has 3 rings (SSSR count). The van der Waals surface area contributed by atoms with E-state index >= 15 is 0 Å². The molecule has 0 aliphatic carbocycles. The SMILES string of the molecule is Bc1cc(Oc2ccc(C(=O)c3ccc(OC)cc3)cc2)ccc1C. The number of hydrogen-bond donors (Lipinski definition) is 0. The highest BCUT2D eigenvalue weighted by molar-refractivity contribution is 6.33. The molecule has 124 valence electrons. The third kappa shape index (κ3) is 3.91. The highest BCUT2D eigenvalue weighted by Gasteiger charge is 2.09. The standard InChI is InChI=1S/C21H19BO3/c1-14-3-8-19(13-20(14)22)25-18-11-6-16(7-12-18)21(23)15-4-9-17(24-2)10-5-15/h3-13H,22H2,1-2H3. The van der Waals surface area contributed by atoms with E-state index in [1.165, 1.54) is 11.0 Å². The summed E-state index contributed by atoms with van der Waals surface area (Å²) in [6, 6.07) is 20.3. The molecule has 0 N–H and O–H groups in total. The molecule has 0 fully saturated rings. The maximum absolute atomic E-state index is 12.5. The lowest BCUT2D eigenvalue weighted by Gasteiger charge is -2.09. The molecule has 0 spiro atoms. The lowest BCUT2D eigenvalue weighted by molar-refractivity contribution is 0.103. The minimum absolute atomic E-state index is 0.0274. The van der Waals surface area contributed by atoms with Crippen LogP contribution in [0.3, 0.4) is 0 Å². The molecule has 0 heterocycles. The second kappa shape index (κ2) is 7.26. The number of benzene rings is 3. The zero-order valence-corrected chi connectivity index (χ0v) is 14.6. The Morgan fingerprint density at radius 3 is 1.84 bits per heavy atom. The summed E-state index contributed by atoms with van der Waals surface area (Å²) in [6.07, 6.45) is 0. The van der Waals surface area contributed by atoms with Crippen LogP contribution in [0.25, 0.3) is 0 Å². The Kier molecular flexibility index (Phi) is 4.89. The van der Waals surface area contributed by atoms with Gasteiger partial charge < -0.3 is 9.47 Å². The van der Waals surface area contributed by atoms with E-state index in [9.17, 15) is 4.79 Å². The van der Waals surface area contributed by atoms with E-state index in [4.69, 9.17) is 9.47 Å². The summed E-state index contributed by atoms with van der Waals surface area (Å²) in [6.45, 7) is 2.07. The summed E-state index contributed by atoms with van der Waals surface area (Å²) >= 11 is 0. The molecule has 0 radical (unpaired) electrons. The van der Waals surface area contributed by atoms with Crippen LogP contribution in [0, 0.1) is 6.92 Å². The van der Waals surface area contributed by atoms with Crippen molar-refractivity contribution >= 4 is 19.1 Å². The number of ketones is 1. The molecule has 0 saturated carbocycles. The first-order valence-electron chi connectivity index (χ1n) is 8.11. The highest BCUT2D eigenvalue weighted by Crippen LogP contribution is 2.22. The quantitative estimate of drug-likeness (QED) is 0.532. The average Bonchev–Trinajstić information content (AvgIpc) is 2.65. The van der Waals surface area contributed by atoms with Crippen LogP contribution < -0.4 is 14.9 Å². The first-order chi connectivity index (χ1) is 12.1. The van der Waals surface area contributed by atoms with Crippen LogP contribution >= 0.6 is 0 Å². The molecule has 3 aromatic carbocycles. The number of rotatable bonds is 5. The van der Waals surface area contributed by atoms with Gasteiger partial charge in [-0.25, -0.2) is 0 Å². The Morgan fingerprint density at radius 2 is 1.32 bits per heavy atom. The van der Waals surface area contributed by atoms with Crippen molar-refractivity contribution in [1.82, 2.24) is 0 Å². The Hall–Kier alpha value is -3.01. The van der Waals surface area contributed by atoms with Gasteiger partial charge in [0.25, 0.3) is 0 Å². The predicted octanol–water partition coefficient (Wildman–Crippen LogP) is 3.29.